The van der Waals surface area contributed by atoms with Gasteiger partial charge in [-0.05, 0) is 63.0 Å². The number of nitrogens with zero attached hydrogens (tertiary/aromatic N) is 1. The van der Waals surface area contributed by atoms with E-state index in [2.05, 4.69) is 26.5 Å². The van der Waals surface area contributed by atoms with Crippen molar-refractivity contribution in [3.63, 3.8) is 0 Å². The summed E-state index contributed by atoms with van der Waals surface area (Å²) in [5, 5.41) is 6.04. The lowest BCUT2D eigenvalue weighted by Crippen LogP contribution is -2.17. The van der Waals surface area contributed by atoms with Gasteiger partial charge in [-0.3, -0.25) is 4.79 Å². The molecule has 0 aliphatic carbocycles. The lowest BCUT2D eigenvalue weighted by Gasteiger charge is -2.14. The number of hydrazone groups is 1. The van der Waals surface area contributed by atoms with Gasteiger partial charge in [-0.25, -0.2) is 5.43 Å². The third-order valence-corrected chi connectivity index (χ3v) is 5.56. The first-order valence-corrected chi connectivity index (χ1v) is 11.4. The van der Waals surface area contributed by atoms with Crippen LogP contribution in [0.5, 0.6) is 11.5 Å². The molecule has 1 amide bonds. The summed E-state index contributed by atoms with van der Waals surface area (Å²) in [7, 11) is 0. The van der Waals surface area contributed by atoms with Crippen LogP contribution >= 0.6 is 15.9 Å². The quantitative estimate of drug-likeness (QED) is 0.225. The second kappa shape index (κ2) is 10.8. The second-order valence-corrected chi connectivity index (χ2v) is 8.12. The van der Waals surface area contributed by atoms with E-state index in [1.807, 2.05) is 85.8 Å². The maximum absolute atomic E-state index is 12.7. The average molecular weight is 503 g/mol. The first-order valence-electron chi connectivity index (χ1n) is 10.6. The molecule has 4 aromatic rings. The summed E-state index contributed by atoms with van der Waals surface area (Å²) in [6.07, 6.45) is 1.58. The molecule has 0 aliphatic heterocycles. The summed E-state index contributed by atoms with van der Waals surface area (Å²) >= 11 is 3.57. The van der Waals surface area contributed by atoms with E-state index in [4.69, 9.17) is 9.47 Å². The Hall–Kier alpha value is -3.64. The van der Waals surface area contributed by atoms with Crippen LogP contribution in [-0.4, -0.2) is 18.7 Å². The fourth-order valence-electron chi connectivity index (χ4n) is 3.44. The molecule has 0 atom stereocenters. The minimum atomic E-state index is -0.269. The standard InChI is InChI=1S/C27H23BrN2O3/c1-2-32-25-16-20(15-24(28)26(25)33-18-19-9-4-3-5-10-19)17-29-30-27(31)23-14-8-12-21-11-6-7-13-22(21)23/h3-17H,2,18H2,1H3,(H,30,31). The molecule has 0 bridgehead atoms. The Kier molecular flexibility index (Phi) is 7.37. The highest BCUT2D eigenvalue weighted by atomic mass is 79.9. The van der Waals surface area contributed by atoms with Crippen molar-refractivity contribution in [3.05, 3.63) is 106 Å². The minimum Gasteiger partial charge on any atom is -0.490 e. The van der Waals surface area contributed by atoms with E-state index >= 15 is 0 Å². The molecule has 33 heavy (non-hydrogen) atoms. The Morgan fingerprint density at radius 3 is 2.55 bits per heavy atom. The molecule has 0 spiro atoms. The summed E-state index contributed by atoms with van der Waals surface area (Å²) in [6, 6.07) is 27.0. The molecular weight excluding hydrogens is 480 g/mol. The molecule has 6 heteroatoms. The molecule has 5 nitrogen and oxygen atoms in total. The van der Waals surface area contributed by atoms with Crippen molar-refractivity contribution in [2.75, 3.05) is 6.61 Å². The Labute approximate surface area is 201 Å². The van der Waals surface area contributed by atoms with Crippen molar-refractivity contribution in [1.82, 2.24) is 5.43 Å². The van der Waals surface area contributed by atoms with Crippen molar-refractivity contribution >= 4 is 38.8 Å². The number of nitrogens with one attached hydrogen (secondary N) is 1. The molecule has 166 valence electrons. The number of carbonyl (C=O) groups excluding carboxylic acids is 1. The van der Waals surface area contributed by atoms with Gasteiger partial charge in [0.2, 0.25) is 0 Å². The average Bonchev–Trinajstić information content (AvgIpc) is 2.84. The smallest absolute Gasteiger partial charge is 0.271 e. The van der Waals surface area contributed by atoms with E-state index in [-0.39, 0.29) is 5.91 Å². The topological polar surface area (TPSA) is 59.9 Å². The number of carbonyl (C=O) groups is 1. The third-order valence-electron chi connectivity index (χ3n) is 4.97. The van der Waals surface area contributed by atoms with Gasteiger partial charge < -0.3 is 9.47 Å². The Morgan fingerprint density at radius 1 is 0.970 bits per heavy atom. The number of halogens is 1. The summed E-state index contributed by atoms with van der Waals surface area (Å²) in [4.78, 5) is 12.7. The van der Waals surface area contributed by atoms with Gasteiger partial charge in [-0.15, -0.1) is 0 Å². The van der Waals surface area contributed by atoms with Gasteiger partial charge in [0.1, 0.15) is 6.61 Å². The normalized spacial score (nSPS) is 11.0. The van der Waals surface area contributed by atoms with Crippen LogP contribution in [0.1, 0.15) is 28.4 Å². The van der Waals surface area contributed by atoms with E-state index in [0.29, 0.717) is 30.3 Å². The van der Waals surface area contributed by atoms with E-state index in [0.717, 1.165) is 26.4 Å². The van der Waals surface area contributed by atoms with Crippen molar-refractivity contribution in [2.24, 2.45) is 5.10 Å². The van der Waals surface area contributed by atoms with E-state index < -0.39 is 0 Å². The lowest BCUT2D eigenvalue weighted by molar-refractivity contribution is 0.0957. The van der Waals surface area contributed by atoms with Crippen LogP contribution in [0.4, 0.5) is 0 Å². The molecule has 0 saturated heterocycles. The summed E-state index contributed by atoms with van der Waals surface area (Å²) in [5.41, 5.74) is 5.01. The molecule has 1 N–H and O–H groups in total. The maximum atomic E-state index is 12.7. The zero-order valence-electron chi connectivity index (χ0n) is 18.1. The molecule has 0 unspecified atom stereocenters. The minimum absolute atomic E-state index is 0.269. The van der Waals surface area contributed by atoms with Crippen molar-refractivity contribution in [3.8, 4) is 11.5 Å². The fraction of sp³-hybridized carbons (Fsp3) is 0.111. The van der Waals surface area contributed by atoms with E-state index in [9.17, 15) is 4.79 Å². The lowest BCUT2D eigenvalue weighted by atomic mass is 10.0. The molecule has 0 heterocycles. The summed E-state index contributed by atoms with van der Waals surface area (Å²) in [5.74, 6) is 0.956. The summed E-state index contributed by atoms with van der Waals surface area (Å²) in [6.45, 7) is 2.83. The van der Waals surface area contributed by atoms with Gasteiger partial charge in [-0.2, -0.15) is 5.10 Å². The van der Waals surface area contributed by atoms with Crippen LogP contribution in [-0.2, 0) is 6.61 Å². The predicted octanol–water partition coefficient (Wildman–Crippen LogP) is 6.34. The van der Waals surface area contributed by atoms with Crippen LogP contribution in [0.25, 0.3) is 10.8 Å². The first kappa shape index (κ1) is 22.6. The molecule has 0 fully saturated rings. The van der Waals surface area contributed by atoms with Gasteiger partial charge in [0, 0.05) is 5.56 Å². The van der Waals surface area contributed by atoms with Crippen LogP contribution in [0.3, 0.4) is 0 Å². The number of hydrogen-bond acceptors (Lipinski definition) is 4. The van der Waals surface area contributed by atoms with Crippen molar-refractivity contribution in [2.45, 2.75) is 13.5 Å². The van der Waals surface area contributed by atoms with Crippen LogP contribution in [0, 0.1) is 0 Å². The maximum Gasteiger partial charge on any atom is 0.271 e. The molecule has 4 rings (SSSR count). The zero-order valence-corrected chi connectivity index (χ0v) is 19.7. The zero-order chi connectivity index (χ0) is 23.0. The fourth-order valence-corrected chi connectivity index (χ4v) is 4.02. The molecule has 0 saturated carbocycles. The van der Waals surface area contributed by atoms with Gasteiger partial charge in [0.25, 0.3) is 5.91 Å². The Morgan fingerprint density at radius 2 is 1.73 bits per heavy atom. The van der Waals surface area contributed by atoms with Crippen molar-refractivity contribution < 1.29 is 14.3 Å². The van der Waals surface area contributed by atoms with Gasteiger partial charge in [0.05, 0.1) is 17.3 Å². The molecular formula is C27H23BrN2O3. The number of ether oxygens (including phenoxy) is 2. The molecule has 4 aromatic carbocycles. The second-order valence-electron chi connectivity index (χ2n) is 7.26. The van der Waals surface area contributed by atoms with Gasteiger partial charge in [-0.1, -0.05) is 66.7 Å². The van der Waals surface area contributed by atoms with Crippen LogP contribution in [0.2, 0.25) is 0 Å². The first-order chi connectivity index (χ1) is 16.2. The number of rotatable bonds is 8. The van der Waals surface area contributed by atoms with Crippen LogP contribution < -0.4 is 14.9 Å². The predicted molar refractivity (Wildman–Crippen MR) is 135 cm³/mol. The largest absolute Gasteiger partial charge is 0.490 e. The highest BCUT2D eigenvalue weighted by molar-refractivity contribution is 9.10. The SMILES string of the molecule is CCOc1cc(C=NNC(=O)c2cccc3ccccc23)cc(Br)c1OCc1ccccc1. The molecule has 0 aliphatic rings. The summed E-state index contributed by atoms with van der Waals surface area (Å²) < 4.78 is 12.5. The van der Waals surface area contributed by atoms with Gasteiger partial charge in [0.15, 0.2) is 11.5 Å². The highest BCUT2D eigenvalue weighted by Gasteiger charge is 2.13. The van der Waals surface area contributed by atoms with E-state index in [1.54, 1.807) is 12.3 Å². The van der Waals surface area contributed by atoms with Gasteiger partial charge >= 0.3 is 0 Å². The number of benzene rings is 4. The number of amides is 1. The number of fused-ring (bicyclic) bond motifs is 1. The number of hydrogen-bond donors (Lipinski definition) is 1. The molecule has 0 radical (unpaired) electrons. The highest BCUT2D eigenvalue weighted by Crippen LogP contribution is 2.37. The monoisotopic (exact) mass is 502 g/mol. The van der Waals surface area contributed by atoms with E-state index in [1.165, 1.54) is 0 Å². The van der Waals surface area contributed by atoms with Crippen molar-refractivity contribution in [1.29, 1.82) is 0 Å². The Balaban J connectivity index is 1.49. The molecule has 0 aromatic heterocycles. The van der Waals surface area contributed by atoms with Crippen LogP contribution in [0.15, 0.2) is 94.5 Å². The Bertz CT molecular complexity index is 1280. The third kappa shape index (κ3) is 5.59.